The molecule has 0 aromatic heterocycles. The molecule has 7 heteroatoms. The molecule has 2 rings (SSSR count). The predicted molar refractivity (Wildman–Crippen MR) is 81.5 cm³/mol. The fraction of sp³-hybridized carbons (Fsp3) is 0.538. The summed E-state index contributed by atoms with van der Waals surface area (Å²) in [6, 6.07) is 2.87. The maximum Gasteiger partial charge on any atom is 0.242 e. The maximum absolute atomic E-state index is 12.3. The molecule has 0 radical (unpaired) electrons. The van der Waals surface area contributed by atoms with Crippen molar-refractivity contribution in [1.29, 1.82) is 0 Å². The van der Waals surface area contributed by atoms with Crippen molar-refractivity contribution in [2.45, 2.75) is 37.1 Å². The molecule has 0 bridgehead atoms. The van der Waals surface area contributed by atoms with Crippen LogP contribution in [0, 0.1) is 5.92 Å². The van der Waals surface area contributed by atoms with E-state index in [2.05, 4.69) is 4.72 Å². The Kier molecular flexibility index (Phi) is 5.31. The number of sulfonamides is 1. The van der Waals surface area contributed by atoms with Gasteiger partial charge in [0.15, 0.2) is 0 Å². The predicted octanol–water partition coefficient (Wildman–Crippen LogP) is 2.92. The molecule has 0 atom stereocenters. The summed E-state index contributed by atoms with van der Waals surface area (Å²) in [5.74, 6) is 0.421. The van der Waals surface area contributed by atoms with Gasteiger partial charge < -0.3 is 5.73 Å². The van der Waals surface area contributed by atoms with Crippen molar-refractivity contribution in [3.05, 3.63) is 27.7 Å². The first-order valence-corrected chi connectivity index (χ1v) is 8.85. The number of rotatable bonds is 5. The smallest absolute Gasteiger partial charge is 0.242 e. The van der Waals surface area contributed by atoms with Crippen molar-refractivity contribution in [3.63, 3.8) is 0 Å². The Hall–Kier alpha value is -0.330. The third-order valence-electron chi connectivity index (χ3n) is 3.65. The second kappa shape index (κ2) is 6.62. The molecule has 1 fully saturated rings. The van der Waals surface area contributed by atoms with E-state index in [1.54, 1.807) is 0 Å². The maximum atomic E-state index is 12.3. The Labute approximate surface area is 129 Å². The molecule has 0 saturated heterocycles. The number of nitrogens with one attached hydrogen (secondary N) is 1. The van der Waals surface area contributed by atoms with Crippen molar-refractivity contribution in [1.82, 2.24) is 4.72 Å². The van der Waals surface area contributed by atoms with Crippen LogP contribution in [0.2, 0.25) is 10.0 Å². The largest absolute Gasteiger partial charge is 0.326 e. The SMILES string of the molecule is NCc1cc(S(=O)(=O)NCC2CCCC2)c(Cl)cc1Cl. The number of nitrogens with two attached hydrogens (primary N) is 1. The van der Waals surface area contributed by atoms with Crippen LogP contribution in [0.1, 0.15) is 31.2 Å². The Morgan fingerprint density at radius 1 is 1.20 bits per heavy atom. The van der Waals surface area contributed by atoms with E-state index in [-0.39, 0.29) is 16.5 Å². The number of halogens is 2. The second-order valence-corrected chi connectivity index (χ2v) is 7.63. The summed E-state index contributed by atoms with van der Waals surface area (Å²) in [7, 11) is -3.62. The summed E-state index contributed by atoms with van der Waals surface area (Å²) >= 11 is 11.9. The average molecular weight is 337 g/mol. The molecule has 0 spiro atoms. The quantitative estimate of drug-likeness (QED) is 0.868. The van der Waals surface area contributed by atoms with E-state index in [4.69, 9.17) is 28.9 Å². The summed E-state index contributed by atoms with van der Waals surface area (Å²) in [4.78, 5) is 0.0435. The Morgan fingerprint density at radius 3 is 2.45 bits per heavy atom. The molecule has 4 nitrogen and oxygen atoms in total. The lowest BCUT2D eigenvalue weighted by molar-refractivity contribution is 0.519. The lowest BCUT2D eigenvalue weighted by Gasteiger charge is -2.13. The fourth-order valence-corrected chi connectivity index (χ4v) is 4.44. The van der Waals surface area contributed by atoms with Crippen LogP contribution >= 0.6 is 23.2 Å². The number of benzene rings is 1. The molecule has 0 amide bonds. The monoisotopic (exact) mass is 336 g/mol. The highest BCUT2D eigenvalue weighted by atomic mass is 35.5. The summed E-state index contributed by atoms with van der Waals surface area (Å²) in [5, 5.41) is 0.498. The Bertz CT molecular complexity index is 584. The van der Waals surface area contributed by atoms with Gasteiger partial charge >= 0.3 is 0 Å². The first-order chi connectivity index (χ1) is 9.44. The van der Waals surface area contributed by atoms with Gasteiger partial charge in [-0.05, 0) is 36.5 Å². The van der Waals surface area contributed by atoms with Crippen LogP contribution in [-0.2, 0) is 16.6 Å². The zero-order chi connectivity index (χ0) is 14.8. The summed E-state index contributed by atoms with van der Waals surface area (Å²) in [6.45, 7) is 0.625. The van der Waals surface area contributed by atoms with Crippen LogP contribution in [-0.4, -0.2) is 15.0 Å². The van der Waals surface area contributed by atoms with E-state index in [1.807, 2.05) is 0 Å². The van der Waals surface area contributed by atoms with Crippen molar-refractivity contribution in [3.8, 4) is 0 Å². The molecule has 1 saturated carbocycles. The van der Waals surface area contributed by atoms with Gasteiger partial charge in [-0.15, -0.1) is 0 Å². The molecule has 112 valence electrons. The van der Waals surface area contributed by atoms with Gasteiger partial charge in [0.25, 0.3) is 0 Å². The lowest BCUT2D eigenvalue weighted by Crippen LogP contribution is -2.29. The third kappa shape index (κ3) is 3.65. The standard InChI is InChI=1S/C13H18Cl2N2O2S/c14-11-6-12(15)13(5-10(11)7-16)20(18,19)17-8-9-3-1-2-4-9/h5-6,9,17H,1-4,7-8,16H2. The molecule has 20 heavy (non-hydrogen) atoms. The normalized spacial score (nSPS) is 16.8. The lowest BCUT2D eigenvalue weighted by atomic mass is 10.1. The minimum absolute atomic E-state index is 0.0435. The average Bonchev–Trinajstić information content (AvgIpc) is 2.89. The third-order valence-corrected chi connectivity index (χ3v) is 5.89. The first-order valence-electron chi connectivity index (χ1n) is 6.61. The van der Waals surface area contributed by atoms with Crippen molar-refractivity contribution in [2.24, 2.45) is 11.7 Å². The Balaban J connectivity index is 2.19. The topological polar surface area (TPSA) is 72.2 Å². The highest BCUT2D eigenvalue weighted by Gasteiger charge is 2.22. The molecule has 1 aliphatic carbocycles. The van der Waals surface area contributed by atoms with Gasteiger partial charge in [0.2, 0.25) is 10.0 Å². The molecule has 0 unspecified atom stereocenters. The summed E-state index contributed by atoms with van der Waals surface area (Å²) in [6.07, 6.45) is 4.49. The van der Waals surface area contributed by atoms with E-state index in [1.165, 1.54) is 25.0 Å². The van der Waals surface area contributed by atoms with Gasteiger partial charge in [0.05, 0.1) is 5.02 Å². The minimum Gasteiger partial charge on any atom is -0.326 e. The van der Waals surface area contributed by atoms with Crippen LogP contribution in [0.15, 0.2) is 17.0 Å². The molecule has 0 heterocycles. The second-order valence-electron chi connectivity index (χ2n) is 5.08. The zero-order valence-electron chi connectivity index (χ0n) is 11.0. The van der Waals surface area contributed by atoms with E-state index < -0.39 is 10.0 Å². The van der Waals surface area contributed by atoms with Crippen LogP contribution in [0.25, 0.3) is 0 Å². The molecule has 3 N–H and O–H groups in total. The van der Waals surface area contributed by atoms with Gasteiger partial charge in [-0.2, -0.15) is 0 Å². The number of hydrogen-bond acceptors (Lipinski definition) is 3. The van der Waals surface area contributed by atoms with E-state index in [0.717, 1.165) is 12.8 Å². The number of hydrogen-bond donors (Lipinski definition) is 2. The molecular weight excluding hydrogens is 319 g/mol. The van der Waals surface area contributed by atoms with Gasteiger partial charge in [0.1, 0.15) is 4.90 Å². The molecule has 1 aromatic rings. The summed E-state index contributed by atoms with van der Waals surface area (Å²) in [5.41, 5.74) is 6.11. The van der Waals surface area contributed by atoms with Crippen LogP contribution in [0.5, 0.6) is 0 Å². The van der Waals surface area contributed by atoms with E-state index >= 15 is 0 Å². The minimum atomic E-state index is -3.62. The Morgan fingerprint density at radius 2 is 1.85 bits per heavy atom. The molecule has 1 aromatic carbocycles. The van der Waals surface area contributed by atoms with E-state index in [0.29, 0.717) is 23.0 Å². The fourth-order valence-electron chi connectivity index (χ4n) is 2.45. The van der Waals surface area contributed by atoms with Crippen LogP contribution in [0.3, 0.4) is 0 Å². The summed E-state index contributed by atoms with van der Waals surface area (Å²) < 4.78 is 27.3. The highest BCUT2D eigenvalue weighted by molar-refractivity contribution is 7.89. The van der Waals surface area contributed by atoms with Crippen LogP contribution in [0.4, 0.5) is 0 Å². The van der Waals surface area contributed by atoms with Crippen molar-refractivity contribution < 1.29 is 8.42 Å². The van der Waals surface area contributed by atoms with Crippen LogP contribution < -0.4 is 10.5 Å². The van der Waals surface area contributed by atoms with Gasteiger partial charge in [-0.1, -0.05) is 36.0 Å². The zero-order valence-corrected chi connectivity index (χ0v) is 13.4. The molecule has 0 aliphatic heterocycles. The first kappa shape index (κ1) is 16.0. The van der Waals surface area contributed by atoms with Crippen molar-refractivity contribution in [2.75, 3.05) is 6.54 Å². The van der Waals surface area contributed by atoms with E-state index in [9.17, 15) is 8.42 Å². The molecule has 1 aliphatic rings. The van der Waals surface area contributed by atoms with Crippen molar-refractivity contribution >= 4 is 33.2 Å². The van der Waals surface area contributed by atoms with Gasteiger partial charge in [-0.3, -0.25) is 0 Å². The van der Waals surface area contributed by atoms with Gasteiger partial charge in [0, 0.05) is 18.1 Å². The molecular formula is C13H18Cl2N2O2S. The van der Waals surface area contributed by atoms with Gasteiger partial charge in [-0.25, -0.2) is 13.1 Å². The highest BCUT2D eigenvalue weighted by Crippen LogP contribution is 2.29.